The number of anilines is 1. The molecule has 0 radical (unpaired) electrons. The molecule has 0 saturated carbocycles. The first-order chi connectivity index (χ1) is 9.01. The van der Waals surface area contributed by atoms with E-state index in [-0.39, 0.29) is 11.5 Å². The van der Waals surface area contributed by atoms with Gasteiger partial charge in [-0.25, -0.2) is 8.42 Å². The number of nitrogen functional groups attached to an aromatic ring is 1. The molecule has 2 N–H and O–H groups in total. The SMILES string of the molecule is CCc1ccc(N)cc1S(=O)(=O)N(C)C(C)C(C)(C)C. The van der Waals surface area contributed by atoms with Crippen LogP contribution < -0.4 is 5.73 Å². The van der Waals surface area contributed by atoms with E-state index in [0.717, 1.165) is 5.56 Å². The van der Waals surface area contributed by atoms with Gasteiger partial charge < -0.3 is 5.73 Å². The zero-order chi connectivity index (χ0) is 15.7. The van der Waals surface area contributed by atoms with E-state index in [9.17, 15) is 8.42 Å². The second-order valence-electron chi connectivity index (χ2n) is 6.28. The van der Waals surface area contributed by atoms with Gasteiger partial charge in [0.05, 0.1) is 4.90 Å². The number of rotatable bonds is 4. The van der Waals surface area contributed by atoms with Gasteiger partial charge in [0.1, 0.15) is 0 Å². The molecular formula is C15H26N2O2S. The topological polar surface area (TPSA) is 63.4 Å². The van der Waals surface area contributed by atoms with Crippen LogP contribution in [-0.2, 0) is 16.4 Å². The third kappa shape index (κ3) is 3.33. The molecule has 0 aliphatic heterocycles. The highest BCUT2D eigenvalue weighted by atomic mass is 32.2. The molecule has 1 atom stereocenters. The molecule has 4 nitrogen and oxygen atoms in total. The lowest BCUT2D eigenvalue weighted by molar-refractivity contribution is 0.216. The Hall–Kier alpha value is -1.07. The van der Waals surface area contributed by atoms with E-state index in [1.807, 2.05) is 34.6 Å². The zero-order valence-electron chi connectivity index (χ0n) is 13.3. The lowest BCUT2D eigenvalue weighted by Gasteiger charge is -2.34. The van der Waals surface area contributed by atoms with Crippen molar-refractivity contribution in [1.29, 1.82) is 0 Å². The number of nitrogens with zero attached hydrogens (tertiary/aromatic N) is 1. The Kier molecular flexibility index (Phi) is 4.87. The smallest absolute Gasteiger partial charge is 0.243 e. The van der Waals surface area contributed by atoms with E-state index in [1.165, 1.54) is 4.31 Å². The summed E-state index contributed by atoms with van der Waals surface area (Å²) in [5.41, 5.74) is 6.90. The zero-order valence-corrected chi connectivity index (χ0v) is 14.1. The van der Waals surface area contributed by atoms with Crippen molar-refractivity contribution < 1.29 is 8.42 Å². The molecule has 0 fully saturated rings. The number of nitrogens with two attached hydrogens (primary N) is 1. The number of hydrogen-bond donors (Lipinski definition) is 1. The van der Waals surface area contributed by atoms with Crippen LogP contribution in [0.25, 0.3) is 0 Å². The lowest BCUT2D eigenvalue weighted by Crippen LogP contribution is -2.43. The molecule has 1 unspecified atom stereocenters. The van der Waals surface area contributed by atoms with Gasteiger partial charge in [0.15, 0.2) is 0 Å². The van der Waals surface area contributed by atoms with Crippen LogP contribution in [-0.4, -0.2) is 25.8 Å². The third-order valence-corrected chi connectivity index (χ3v) is 5.94. The number of benzene rings is 1. The molecule has 0 aliphatic carbocycles. The second-order valence-corrected chi connectivity index (χ2v) is 8.25. The Morgan fingerprint density at radius 1 is 1.30 bits per heavy atom. The first-order valence-electron chi connectivity index (χ1n) is 6.88. The lowest BCUT2D eigenvalue weighted by atomic mass is 9.88. The average molecular weight is 298 g/mol. The molecule has 0 heterocycles. The van der Waals surface area contributed by atoms with Gasteiger partial charge in [-0.2, -0.15) is 4.31 Å². The summed E-state index contributed by atoms with van der Waals surface area (Å²) < 4.78 is 27.1. The Bertz CT molecular complexity index is 574. The van der Waals surface area contributed by atoms with E-state index < -0.39 is 10.0 Å². The molecule has 1 aromatic rings. The Labute approximate surface area is 123 Å². The van der Waals surface area contributed by atoms with Crippen LogP contribution in [0.5, 0.6) is 0 Å². The van der Waals surface area contributed by atoms with Gasteiger partial charge in [0.2, 0.25) is 10.0 Å². The summed E-state index contributed by atoms with van der Waals surface area (Å²) in [6.07, 6.45) is 0.659. The Morgan fingerprint density at radius 2 is 1.85 bits per heavy atom. The van der Waals surface area contributed by atoms with Gasteiger partial charge in [-0.15, -0.1) is 0 Å². The average Bonchev–Trinajstić information content (AvgIpc) is 2.35. The van der Waals surface area contributed by atoms with Crippen molar-refractivity contribution in [2.45, 2.75) is 52.0 Å². The normalized spacial score (nSPS) is 14.6. The first kappa shape index (κ1) is 17.0. The van der Waals surface area contributed by atoms with Gasteiger partial charge in [0, 0.05) is 18.8 Å². The first-order valence-corrected chi connectivity index (χ1v) is 8.32. The van der Waals surface area contributed by atoms with Gasteiger partial charge >= 0.3 is 0 Å². The molecule has 0 amide bonds. The minimum atomic E-state index is -3.53. The van der Waals surface area contributed by atoms with Crippen LogP contribution in [0.4, 0.5) is 5.69 Å². The molecule has 114 valence electrons. The molecular weight excluding hydrogens is 272 g/mol. The Balaban J connectivity index is 3.34. The van der Waals surface area contributed by atoms with Crippen LogP contribution in [0.15, 0.2) is 23.1 Å². The summed E-state index contributed by atoms with van der Waals surface area (Å²) in [6.45, 7) is 9.96. The van der Waals surface area contributed by atoms with Crippen LogP contribution in [0.1, 0.15) is 40.2 Å². The van der Waals surface area contributed by atoms with Gasteiger partial charge in [-0.1, -0.05) is 33.8 Å². The predicted molar refractivity (Wildman–Crippen MR) is 84.1 cm³/mol. The van der Waals surface area contributed by atoms with Crippen LogP contribution in [0.2, 0.25) is 0 Å². The standard InChI is InChI=1S/C15H26N2O2S/c1-7-12-8-9-13(16)10-14(12)20(18,19)17(6)11(2)15(3,4)5/h8-11H,7,16H2,1-6H3. The van der Waals surface area contributed by atoms with E-state index in [1.54, 1.807) is 25.2 Å². The van der Waals surface area contributed by atoms with Crippen molar-refractivity contribution in [1.82, 2.24) is 4.31 Å². The second kappa shape index (κ2) is 5.74. The fraction of sp³-hybridized carbons (Fsp3) is 0.600. The molecule has 0 saturated heterocycles. The van der Waals surface area contributed by atoms with E-state index in [2.05, 4.69) is 0 Å². The summed E-state index contributed by atoms with van der Waals surface area (Å²) in [4.78, 5) is 0.318. The summed E-state index contributed by atoms with van der Waals surface area (Å²) in [5.74, 6) is 0. The van der Waals surface area contributed by atoms with Crippen LogP contribution in [0, 0.1) is 5.41 Å². The highest BCUT2D eigenvalue weighted by molar-refractivity contribution is 7.89. The van der Waals surface area contributed by atoms with Gasteiger partial charge in [-0.05, 0) is 36.5 Å². The molecule has 5 heteroatoms. The van der Waals surface area contributed by atoms with Crippen molar-refractivity contribution in [3.63, 3.8) is 0 Å². The molecule has 0 aromatic heterocycles. The van der Waals surface area contributed by atoms with Crippen LogP contribution >= 0.6 is 0 Å². The summed E-state index contributed by atoms with van der Waals surface area (Å²) in [5, 5.41) is 0. The fourth-order valence-electron chi connectivity index (χ4n) is 2.01. The maximum absolute atomic E-state index is 12.8. The van der Waals surface area contributed by atoms with Crippen molar-refractivity contribution in [2.75, 3.05) is 12.8 Å². The molecule has 1 rings (SSSR count). The predicted octanol–water partition coefficient (Wildman–Crippen LogP) is 2.89. The quantitative estimate of drug-likeness (QED) is 0.869. The number of sulfonamides is 1. The monoisotopic (exact) mass is 298 g/mol. The maximum atomic E-state index is 12.8. The number of aryl methyl sites for hydroxylation is 1. The van der Waals surface area contributed by atoms with E-state index in [0.29, 0.717) is 17.0 Å². The summed E-state index contributed by atoms with van der Waals surface area (Å²) in [6, 6.07) is 4.97. The van der Waals surface area contributed by atoms with Crippen molar-refractivity contribution in [3.05, 3.63) is 23.8 Å². The molecule has 1 aromatic carbocycles. The minimum absolute atomic E-state index is 0.112. The fourth-order valence-corrected chi connectivity index (χ4v) is 3.88. The van der Waals surface area contributed by atoms with Gasteiger partial charge in [-0.3, -0.25) is 0 Å². The summed E-state index contributed by atoms with van der Waals surface area (Å²) >= 11 is 0. The molecule has 0 bridgehead atoms. The van der Waals surface area contributed by atoms with Crippen molar-refractivity contribution in [3.8, 4) is 0 Å². The van der Waals surface area contributed by atoms with Gasteiger partial charge in [0.25, 0.3) is 0 Å². The third-order valence-electron chi connectivity index (χ3n) is 3.93. The maximum Gasteiger partial charge on any atom is 0.243 e. The van der Waals surface area contributed by atoms with Crippen LogP contribution in [0.3, 0.4) is 0 Å². The molecule has 0 aliphatic rings. The Morgan fingerprint density at radius 3 is 2.30 bits per heavy atom. The van der Waals surface area contributed by atoms with Crippen molar-refractivity contribution in [2.24, 2.45) is 5.41 Å². The molecule has 20 heavy (non-hydrogen) atoms. The largest absolute Gasteiger partial charge is 0.399 e. The highest BCUT2D eigenvalue weighted by Crippen LogP contribution is 2.29. The number of hydrogen-bond acceptors (Lipinski definition) is 3. The highest BCUT2D eigenvalue weighted by Gasteiger charge is 2.33. The summed E-state index contributed by atoms with van der Waals surface area (Å²) in [7, 11) is -1.90. The molecule has 0 spiro atoms. The van der Waals surface area contributed by atoms with E-state index >= 15 is 0 Å². The van der Waals surface area contributed by atoms with E-state index in [4.69, 9.17) is 5.73 Å². The van der Waals surface area contributed by atoms with Crippen molar-refractivity contribution >= 4 is 15.7 Å². The minimum Gasteiger partial charge on any atom is -0.399 e.